The van der Waals surface area contributed by atoms with Crippen LogP contribution in [0.4, 0.5) is 0 Å². The Morgan fingerprint density at radius 3 is 2.77 bits per heavy atom. The van der Waals surface area contributed by atoms with Crippen LogP contribution in [0.2, 0.25) is 0 Å². The second kappa shape index (κ2) is 10.1. The normalized spacial score (nSPS) is 20.2. The van der Waals surface area contributed by atoms with Crippen LogP contribution in [0.1, 0.15) is 17.2 Å². The number of hydrogen-bond acceptors (Lipinski definition) is 10. The number of aliphatic carboxylic acids is 2. The summed E-state index contributed by atoms with van der Waals surface area (Å²) >= 11 is 2.33. The summed E-state index contributed by atoms with van der Waals surface area (Å²) in [6.45, 7) is 1.37. The highest BCUT2D eigenvalue weighted by Gasteiger charge is 2.54. The number of aromatic nitrogens is 4. The van der Waals surface area contributed by atoms with Crippen LogP contribution < -0.4 is 5.32 Å². The van der Waals surface area contributed by atoms with Crippen LogP contribution >= 0.6 is 23.5 Å². The van der Waals surface area contributed by atoms with Crippen molar-refractivity contribution in [1.82, 2.24) is 30.4 Å². The van der Waals surface area contributed by atoms with Gasteiger partial charge >= 0.3 is 11.9 Å². The van der Waals surface area contributed by atoms with E-state index < -0.39 is 47.8 Å². The number of fused-ring (bicyclic) bond motifs is 1. The molecule has 13 nitrogen and oxygen atoms in total. The van der Waals surface area contributed by atoms with Crippen molar-refractivity contribution < 1.29 is 34.5 Å². The molecule has 2 aliphatic rings. The van der Waals surface area contributed by atoms with E-state index in [1.54, 1.807) is 18.2 Å². The number of carbonyl (C=O) groups excluding carboxylic acids is 2. The van der Waals surface area contributed by atoms with E-state index in [0.717, 1.165) is 26.9 Å². The Morgan fingerprint density at radius 2 is 2.09 bits per heavy atom. The lowest BCUT2D eigenvalue weighted by atomic mass is 10.0. The van der Waals surface area contributed by atoms with E-state index in [2.05, 4.69) is 20.8 Å². The van der Waals surface area contributed by atoms with Gasteiger partial charge in [0.1, 0.15) is 23.7 Å². The number of amides is 2. The minimum atomic E-state index is -1.47. The highest BCUT2D eigenvalue weighted by atomic mass is 32.2. The number of carbonyl (C=O) groups is 4. The molecule has 0 radical (unpaired) electrons. The number of rotatable bonds is 9. The van der Waals surface area contributed by atoms with E-state index in [1.807, 2.05) is 13.0 Å². The molecule has 0 saturated carbocycles. The fraction of sp³-hybridized carbons (Fsp3) is 0.350. The number of β-lactam (4-membered cyclic amide) rings is 1. The van der Waals surface area contributed by atoms with E-state index in [0.29, 0.717) is 11.1 Å². The summed E-state index contributed by atoms with van der Waals surface area (Å²) in [4.78, 5) is 49.4. The molecule has 184 valence electrons. The molecule has 2 aliphatic heterocycles. The Morgan fingerprint density at radius 1 is 1.31 bits per heavy atom. The van der Waals surface area contributed by atoms with Gasteiger partial charge in [0.05, 0.1) is 0 Å². The number of aliphatic hydroxyl groups is 1. The van der Waals surface area contributed by atoms with Gasteiger partial charge in [0.15, 0.2) is 6.10 Å². The summed E-state index contributed by atoms with van der Waals surface area (Å²) in [5.41, 5.74) is 1.50. The van der Waals surface area contributed by atoms with Crippen LogP contribution in [0.3, 0.4) is 0 Å². The number of aliphatic hydroxyl groups excluding tert-OH is 1. The number of aryl methyl sites for hydroxylation is 1. The van der Waals surface area contributed by atoms with E-state index in [-0.39, 0.29) is 22.4 Å². The highest BCUT2D eigenvalue weighted by Crippen LogP contribution is 2.41. The van der Waals surface area contributed by atoms with Crippen LogP contribution in [0.5, 0.6) is 0 Å². The summed E-state index contributed by atoms with van der Waals surface area (Å²) in [6, 6.07) is 5.82. The molecule has 4 N–H and O–H groups in total. The van der Waals surface area contributed by atoms with Gasteiger partial charge in [-0.1, -0.05) is 41.6 Å². The fourth-order valence-electron chi connectivity index (χ4n) is 3.70. The van der Waals surface area contributed by atoms with Gasteiger partial charge in [-0.3, -0.25) is 19.3 Å². The highest BCUT2D eigenvalue weighted by molar-refractivity contribution is 8.01. The van der Waals surface area contributed by atoms with Crippen LogP contribution in [-0.4, -0.2) is 87.1 Å². The van der Waals surface area contributed by atoms with Gasteiger partial charge in [-0.25, -0.2) is 9.48 Å². The molecule has 3 heterocycles. The molecule has 0 spiro atoms. The van der Waals surface area contributed by atoms with Gasteiger partial charge in [-0.2, -0.15) is 0 Å². The molecule has 15 heteroatoms. The van der Waals surface area contributed by atoms with Crippen molar-refractivity contribution in [2.45, 2.75) is 36.1 Å². The third-order valence-electron chi connectivity index (χ3n) is 5.31. The molecule has 2 aromatic rings. The molecule has 35 heavy (non-hydrogen) atoms. The number of hydrogen-bond donors (Lipinski definition) is 4. The quantitative estimate of drug-likeness (QED) is 0.248. The first-order chi connectivity index (χ1) is 16.7. The topological polar surface area (TPSA) is 188 Å². The van der Waals surface area contributed by atoms with E-state index in [4.69, 9.17) is 5.11 Å². The first-order valence-electron chi connectivity index (χ1n) is 10.2. The zero-order valence-electron chi connectivity index (χ0n) is 18.2. The largest absolute Gasteiger partial charge is 0.480 e. The molecule has 1 saturated heterocycles. The molecule has 4 rings (SSSR count). The van der Waals surface area contributed by atoms with Crippen molar-refractivity contribution in [2.75, 3.05) is 11.5 Å². The molecular formula is C20H20N6O7S2. The average molecular weight is 521 g/mol. The first kappa shape index (κ1) is 24.7. The maximum Gasteiger partial charge on any atom is 0.352 e. The predicted octanol–water partition coefficient (Wildman–Crippen LogP) is -0.370. The van der Waals surface area contributed by atoms with Gasteiger partial charge in [0, 0.05) is 11.5 Å². The number of nitrogens with zero attached hydrogens (tertiary/aromatic N) is 5. The fourth-order valence-corrected chi connectivity index (χ4v) is 6.06. The van der Waals surface area contributed by atoms with E-state index in [9.17, 15) is 29.4 Å². The maximum atomic E-state index is 12.8. The lowest BCUT2D eigenvalue weighted by Gasteiger charge is -2.49. The third kappa shape index (κ3) is 5.01. The molecule has 3 atom stereocenters. The van der Waals surface area contributed by atoms with Crippen molar-refractivity contribution >= 4 is 47.3 Å². The van der Waals surface area contributed by atoms with Crippen LogP contribution in [0, 0.1) is 6.92 Å². The number of benzene rings is 1. The molecule has 1 aromatic carbocycles. The van der Waals surface area contributed by atoms with Crippen molar-refractivity contribution in [3.05, 3.63) is 46.7 Å². The minimum absolute atomic E-state index is 0.119. The molecular weight excluding hydrogens is 500 g/mol. The zero-order valence-corrected chi connectivity index (χ0v) is 19.8. The number of thioether (sulfide) groups is 2. The van der Waals surface area contributed by atoms with E-state index >= 15 is 0 Å². The van der Waals surface area contributed by atoms with Crippen molar-refractivity contribution in [3.8, 4) is 0 Å². The van der Waals surface area contributed by atoms with Gasteiger partial charge in [0.25, 0.3) is 11.8 Å². The maximum absolute atomic E-state index is 12.8. The number of tetrazole rings is 1. The van der Waals surface area contributed by atoms with Gasteiger partial charge in [0.2, 0.25) is 5.16 Å². The second-order valence-electron chi connectivity index (χ2n) is 7.77. The van der Waals surface area contributed by atoms with Crippen molar-refractivity contribution in [2.24, 2.45) is 0 Å². The Bertz CT molecular complexity index is 1230. The molecule has 1 fully saturated rings. The zero-order chi connectivity index (χ0) is 25.3. The third-order valence-corrected chi connectivity index (χ3v) is 7.70. The average Bonchev–Trinajstić information content (AvgIpc) is 3.25. The molecule has 1 unspecified atom stereocenters. The summed E-state index contributed by atoms with van der Waals surface area (Å²) in [7, 11) is 0. The van der Waals surface area contributed by atoms with Crippen molar-refractivity contribution in [1.29, 1.82) is 0 Å². The number of carboxylic acids is 2. The monoisotopic (exact) mass is 520 g/mol. The Labute approximate surface area is 206 Å². The molecule has 2 amide bonds. The summed E-state index contributed by atoms with van der Waals surface area (Å²) in [5.74, 6) is -3.39. The Kier molecular flexibility index (Phi) is 7.09. The summed E-state index contributed by atoms with van der Waals surface area (Å²) < 4.78 is 1.08. The predicted molar refractivity (Wildman–Crippen MR) is 122 cm³/mol. The van der Waals surface area contributed by atoms with Crippen LogP contribution in [0.15, 0.2) is 40.7 Å². The lowest BCUT2D eigenvalue weighted by molar-refractivity contribution is -0.151. The van der Waals surface area contributed by atoms with Crippen molar-refractivity contribution in [3.63, 3.8) is 0 Å². The minimum Gasteiger partial charge on any atom is -0.480 e. The Balaban J connectivity index is 1.45. The Hall–Kier alpha value is -3.43. The molecule has 0 bridgehead atoms. The van der Waals surface area contributed by atoms with Crippen LogP contribution in [0.25, 0.3) is 0 Å². The SMILES string of the molecule is Cc1cccc([C@@H](O)C(=O)NC2C(=O)N3C(C(=O)O)=C(CSc4nnnn4CC(=O)O)CS[C@H]23)c1. The number of carboxylic acid groups (broad SMARTS) is 2. The summed E-state index contributed by atoms with van der Waals surface area (Å²) in [6.07, 6.45) is -1.47. The van der Waals surface area contributed by atoms with Gasteiger partial charge in [-0.05, 0) is 28.5 Å². The molecule has 0 aliphatic carbocycles. The van der Waals surface area contributed by atoms with Crippen LogP contribution in [-0.2, 0) is 25.7 Å². The second-order valence-corrected chi connectivity index (χ2v) is 9.82. The van der Waals surface area contributed by atoms with Gasteiger partial charge in [-0.15, -0.1) is 16.9 Å². The standard InChI is InChI=1S/C20H20N6O7S2/c1-9-3-2-4-10(5-9)15(29)16(30)21-13-17(31)26-14(19(32)33)11(7-34-18(13)26)8-35-20-22-23-24-25(20)6-12(27)28/h2-5,13,15,18,29H,6-8H2,1H3,(H,21,30)(H,27,28)(H,32,33)/t13?,15-,18-/m1/s1. The van der Waals surface area contributed by atoms with E-state index in [1.165, 1.54) is 11.8 Å². The number of nitrogens with one attached hydrogen (secondary N) is 1. The smallest absolute Gasteiger partial charge is 0.352 e. The summed E-state index contributed by atoms with van der Waals surface area (Å²) in [5, 5.41) is 42.0. The lowest BCUT2D eigenvalue weighted by Crippen LogP contribution is -2.70. The first-order valence-corrected chi connectivity index (χ1v) is 12.3. The van der Waals surface area contributed by atoms with Gasteiger partial charge < -0.3 is 20.6 Å². The molecule has 1 aromatic heterocycles.